The Kier molecular flexibility index (Phi) is 2.82. The second kappa shape index (κ2) is 4.38. The molecule has 0 amide bonds. The molecule has 1 aliphatic carbocycles. The fourth-order valence-electron chi connectivity index (χ4n) is 3.36. The zero-order valence-electron chi connectivity index (χ0n) is 11.6. The highest BCUT2D eigenvalue weighted by molar-refractivity contribution is 5.78. The molecule has 0 radical (unpaired) electrons. The van der Waals surface area contributed by atoms with E-state index in [1.807, 2.05) is 18.2 Å². The first-order valence-corrected chi connectivity index (χ1v) is 7.09. The van der Waals surface area contributed by atoms with Crippen LogP contribution in [0, 0.1) is 11.3 Å². The first-order chi connectivity index (χ1) is 9.18. The van der Waals surface area contributed by atoms with Crippen molar-refractivity contribution in [3.05, 3.63) is 29.6 Å². The van der Waals surface area contributed by atoms with E-state index in [0.717, 1.165) is 17.6 Å². The Labute approximate surface area is 113 Å². The van der Waals surface area contributed by atoms with Gasteiger partial charge >= 0.3 is 0 Å². The molecule has 98 valence electrons. The summed E-state index contributed by atoms with van der Waals surface area (Å²) in [5.74, 6) is 1.21. The van der Waals surface area contributed by atoms with Gasteiger partial charge in [-0.05, 0) is 38.0 Å². The molecule has 0 aliphatic heterocycles. The predicted octanol–water partition coefficient (Wildman–Crippen LogP) is 3.76. The molecule has 0 N–H and O–H groups in total. The van der Waals surface area contributed by atoms with Crippen LogP contribution in [0.25, 0.3) is 11.0 Å². The average molecular weight is 253 g/mol. The standard InChI is InChI=1S/C16H19N3/c1-3-19-14-7-6-12(11-17)10-13(14)18-15(19)16(2)8-4-5-9-16/h6-7,10H,3-5,8-9H2,1-2H3. The SMILES string of the molecule is CCn1c(C2(C)CCCC2)nc2cc(C#N)ccc21. The van der Waals surface area contributed by atoms with Crippen molar-refractivity contribution in [2.75, 3.05) is 0 Å². The van der Waals surface area contributed by atoms with Crippen LogP contribution in [0.5, 0.6) is 0 Å². The van der Waals surface area contributed by atoms with Crippen LogP contribution in [0.2, 0.25) is 0 Å². The molecule has 0 saturated heterocycles. The van der Waals surface area contributed by atoms with Gasteiger partial charge in [-0.15, -0.1) is 0 Å². The molecule has 3 rings (SSSR count). The monoisotopic (exact) mass is 253 g/mol. The van der Waals surface area contributed by atoms with Crippen LogP contribution in [0.1, 0.15) is 50.9 Å². The van der Waals surface area contributed by atoms with Gasteiger partial charge in [-0.2, -0.15) is 5.26 Å². The summed E-state index contributed by atoms with van der Waals surface area (Å²) in [6.45, 7) is 5.44. The maximum Gasteiger partial charge on any atom is 0.115 e. The number of rotatable bonds is 2. The third kappa shape index (κ3) is 1.83. The number of nitriles is 1. The summed E-state index contributed by atoms with van der Waals surface area (Å²) in [5.41, 5.74) is 3.02. The molecule has 1 aromatic heterocycles. The lowest BCUT2D eigenvalue weighted by atomic mass is 9.88. The van der Waals surface area contributed by atoms with E-state index in [4.69, 9.17) is 10.2 Å². The van der Waals surface area contributed by atoms with Crippen molar-refractivity contribution < 1.29 is 0 Å². The van der Waals surface area contributed by atoms with Crippen molar-refractivity contribution in [3.8, 4) is 6.07 Å². The molecule has 1 aromatic carbocycles. The Morgan fingerprint density at radius 1 is 1.37 bits per heavy atom. The smallest absolute Gasteiger partial charge is 0.115 e. The van der Waals surface area contributed by atoms with E-state index in [2.05, 4.69) is 24.5 Å². The summed E-state index contributed by atoms with van der Waals surface area (Å²) in [5, 5.41) is 9.01. The van der Waals surface area contributed by atoms with Gasteiger partial charge < -0.3 is 4.57 Å². The molecule has 19 heavy (non-hydrogen) atoms. The number of benzene rings is 1. The average Bonchev–Trinajstić information content (AvgIpc) is 3.02. The number of imidazole rings is 1. The fraction of sp³-hybridized carbons (Fsp3) is 0.500. The second-order valence-corrected chi connectivity index (χ2v) is 5.76. The van der Waals surface area contributed by atoms with Crippen molar-refractivity contribution in [2.45, 2.75) is 51.5 Å². The molecule has 2 aromatic rings. The number of hydrogen-bond acceptors (Lipinski definition) is 2. The van der Waals surface area contributed by atoms with Gasteiger partial charge in [0, 0.05) is 12.0 Å². The molecule has 1 saturated carbocycles. The van der Waals surface area contributed by atoms with Crippen molar-refractivity contribution in [2.24, 2.45) is 0 Å². The number of fused-ring (bicyclic) bond motifs is 1. The number of hydrogen-bond donors (Lipinski definition) is 0. The van der Waals surface area contributed by atoms with Crippen molar-refractivity contribution >= 4 is 11.0 Å². The molecule has 1 fully saturated rings. The third-order valence-electron chi connectivity index (χ3n) is 4.44. The maximum absolute atomic E-state index is 9.01. The van der Waals surface area contributed by atoms with E-state index in [-0.39, 0.29) is 5.41 Å². The van der Waals surface area contributed by atoms with E-state index in [0.29, 0.717) is 5.56 Å². The van der Waals surface area contributed by atoms with Crippen molar-refractivity contribution in [3.63, 3.8) is 0 Å². The number of aromatic nitrogens is 2. The highest BCUT2D eigenvalue weighted by atomic mass is 15.1. The van der Waals surface area contributed by atoms with Gasteiger partial charge in [0.05, 0.1) is 22.7 Å². The zero-order valence-corrected chi connectivity index (χ0v) is 11.6. The molecule has 0 atom stereocenters. The van der Waals surface area contributed by atoms with Gasteiger partial charge in [0.15, 0.2) is 0 Å². The summed E-state index contributed by atoms with van der Waals surface area (Å²) in [4.78, 5) is 4.86. The number of aryl methyl sites for hydroxylation is 1. The quantitative estimate of drug-likeness (QED) is 0.817. The highest BCUT2D eigenvalue weighted by Gasteiger charge is 2.35. The van der Waals surface area contributed by atoms with Gasteiger partial charge in [0.25, 0.3) is 0 Å². The number of nitrogens with zero attached hydrogens (tertiary/aromatic N) is 3. The Morgan fingerprint density at radius 2 is 2.11 bits per heavy atom. The van der Waals surface area contributed by atoms with Crippen molar-refractivity contribution in [1.29, 1.82) is 5.26 Å². The van der Waals surface area contributed by atoms with Gasteiger partial charge in [-0.25, -0.2) is 4.98 Å². The molecule has 0 unspecified atom stereocenters. The molecular formula is C16H19N3. The first-order valence-electron chi connectivity index (χ1n) is 7.09. The molecule has 1 aliphatic rings. The fourth-order valence-corrected chi connectivity index (χ4v) is 3.36. The summed E-state index contributed by atoms with van der Waals surface area (Å²) >= 11 is 0. The molecular weight excluding hydrogens is 234 g/mol. The Hall–Kier alpha value is -1.82. The zero-order chi connectivity index (χ0) is 13.5. The van der Waals surface area contributed by atoms with E-state index < -0.39 is 0 Å². The maximum atomic E-state index is 9.01. The lowest BCUT2D eigenvalue weighted by Crippen LogP contribution is -2.22. The largest absolute Gasteiger partial charge is 0.328 e. The summed E-state index contributed by atoms with van der Waals surface area (Å²) < 4.78 is 2.32. The Bertz CT molecular complexity index is 654. The van der Waals surface area contributed by atoms with Crippen LogP contribution in [-0.4, -0.2) is 9.55 Å². The lowest BCUT2D eigenvalue weighted by Gasteiger charge is -2.23. The molecule has 0 bridgehead atoms. The van der Waals surface area contributed by atoms with Crippen LogP contribution >= 0.6 is 0 Å². The minimum absolute atomic E-state index is 0.210. The highest BCUT2D eigenvalue weighted by Crippen LogP contribution is 2.41. The van der Waals surface area contributed by atoms with Crippen LogP contribution < -0.4 is 0 Å². The predicted molar refractivity (Wildman–Crippen MR) is 75.9 cm³/mol. The van der Waals surface area contributed by atoms with Gasteiger partial charge in [0.2, 0.25) is 0 Å². The molecule has 0 spiro atoms. The molecule has 3 heteroatoms. The first kappa shape index (κ1) is 12.2. The van der Waals surface area contributed by atoms with Crippen LogP contribution in [0.15, 0.2) is 18.2 Å². The van der Waals surface area contributed by atoms with E-state index in [9.17, 15) is 0 Å². The molecule has 3 nitrogen and oxygen atoms in total. The Balaban J connectivity index is 2.22. The summed E-state index contributed by atoms with van der Waals surface area (Å²) in [6.07, 6.45) is 5.04. The van der Waals surface area contributed by atoms with Gasteiger partial charge in [0.1, 0.15) is 5.82 Å². The van der Waals surface area contributed by atoms with Gasteiger partial charge in [-0.1, -0.05) is 19.8 Å². The van der Waals surface area contributed by atoms with E-state index in [1.165, 1.54) is 31.5 Å². The lowest BCUT2D eigenvalue weighted by molar-refractivity contribution is 0.438. The minimum atomic E-state index is 0.210. The third-order valence-corrected chi connectivity index (χ3v) is 4.44. The van der Waals surface area contributed by atoms with E-state index in [1.54, 1.807) is 0 Å². The summed E-state index contributed by atoms with van der Waals surface area (Å²) in [6, 6.07) is 8.02. The second-order valence-electron chi connectivity index (χ2n) is 5.76. The molecule has 1 heterocycles. The summed E-state index contributed by atoms with van der Waals surface area (Å²) in [7, 11) is 0. The van der Waals surface area contributed by atoms with Crippen LogP contribution in [0.4, 0.5) is 0 Å². The Morgan fingerprint density at radius 3 is 2.74 bits per heavy atom. The van der Waals surface area contributed by atoms with Gasteiger partial charge in [-0.3, -0.25) is 0 Å². The topological polar surface area (TPSA) is 41.6 Å². The van der Waals surface area contributed by atoms with Crippen molar-refractivity contribution in [1.82, 2.24) is 9.55 Å². The van der Waals surface area contributed by atoms with Crippen LogP contribution in [0.3, 0.4) is 0 Å². The minimum Gasteiger partial charge on any atom is -0.328 e. The normalized spacial score (nSPS) is 17.7. The van der Waals surface area contributed by atoms with E-state index >= 15 is 0 Å². The van der Waals surface area contributed by atoms with Crippen LogP contribution in [-0.2, 0) is 12.0 Å².